The van der Waals surface area contributed by atoms with E-state index in [2.05, 4.69) is 16.4 Å². The molecule has 7 nitrogen and oxygen atoms in total. The first-order valence-electron chi connectivity index (χ1n) is 9.39. The largest absolute Gasteiger partial charge is 0.449 e. The Hall–Kier alpha value is -2.91. The Labute approximate surface area is 181 Å². The monoisotopic (exact) mass is 441 g/mol. The van der Waals surface area contributed by atoms with Gasteiger partial charge in [-0.25, -0.2) is 14.6 Å². The zero-order valence-electron chi connectivity index (χ0n) is 16.2. The molecule has 4 rings (SSSR count). The molecule has 9 heteroatoms. The number of imide groups is 1. The lowest BCUT2D eigenvalue weighted by molar-refractivity contribution is -0.136. The van der Waals surface area contributed by atoms with E-state index in [9.17, 15) is 14.4 Å². The summed E-state index contributed by atoms with van der Waals surface area (Å²) in [5, 5.41) is 2.55. The highest BCUT2D eigenvalue weighted by molar-refractivity contribution is 8.00. The Kier molecular flexibility index (Phi) is 6.01. The molecule has 1 unspecified atom stereocenters. The third-order valence-corrected chi connectivity index (χ3v) is 6.83. The van der Waals surface area contributed by atoms with Crippen molar-refractivity contribution in [2.45, 2.75) is 23.1 Å². The van der Waals surface area contributed by atoms with E-state index in [1.807, 2.05) is 30.3 Å². The average Bonchev–Trinajstić information content (AvgIpc) is 3.37. The van der Waals surface area contributed by atoms with Gasteiger partial charge in [-0.15, -0.1) is 11.3 Å². The second kappa shape index (κ2) is 8.85. The molecule has 1 saturated heterocycles. The van der Waals surface area contributed by atoms with Crippen molar-refractivity contribution in [1.29, 1.82) is 0 Å². The second-order valence-electron chi connectivity index (χ2n) is 6.70. The predicted octanol–water partition coefficient (Wildman–Crippen LogP) is 3.69. The molecule has 0 spiro atoms. The van der Waals surface area contributed by atoms with Crippen LogP contribution in [0, 0.1) is 0 Å². The number of fused-ring (bicyclic) bond motifs is 1. The third kappa shape index (κ3) is 4.47. The van der Waals surface area contributed by atoms with Crippen molar-refractivity contribution in [3.05, 3.63) is 59.7 Å². The van der Waals surface area contributed by atoms with Crippen molar-refractivity contribution < 1.29 is 19.1 Å². The highest BCUT2D eigenvalue weighted by atomic mass is 32.2. The highest BCUT2D eigenvalue weighted by Gasteiger charge is 2.31. The average molecular weight is 442 g/mol. The molecule has 0 saturated carbocycles. The van der Waals surface area contributed by atoms with E-state index in [0.717, 1.165) is 30.8 Å². The van der Waals surface area contributed by atoms with Gasteiger partial charge in [0.25, 0.3) is 5.91 Å². The fraction of sp³-hybridized carbons (Fsp3) is 0.238. The van der Waals surface area contributed by atoms with Crippen LogP contribution in [0.4, 0.5) is 4.79 Å². The number of carbonyl (C=O) groups is 3. The van der Waals surface area contributed by atoms with Gasteiger partial charge < -0.3 is 10.1 Å². The van der Waals surface area contributed by atoms with Gasteiger partial charge in [0.15, 0.2) is 10.4 Å². The minimum atomic E-state index is -1.03. The molecule has 1 aliphatic rings. The van der Waals surface area contributed by atoms with E-state index in [1.165, 1.54) is 6.92 Å². The zero-order chi connectivity index (χ0) is 21.1. The summed E-state index contributed by atoms with van der Waals surface area (Å²) in [6, 6.07) is 14.6. The number of hydrogen-bond acceptors (Lipinski definition) is 7. The molecule has 3 aromatic rings. The van der Waals surface area contributed by atoms with E-state index in [0.29, 0.717) is 12.1 Å². The van der Waals surface area contributed by atoms with Crippen molar-refractivity contribution in [2.24, 2.45) is 0 Å². The van der Waals surface area contributed by atoms with Crippen molar-refractivity contribution in [3.8, 4) is 0 Å². The molecule has 3 amide bonds. The Morgan fingerprint density at radius 3 is 2.70 bits per heavy atom. The molecular weight excluding hydrogens is 422 g/mol. The summed E-state index contributed by atoms with van der Waals surface area (Å²) in [5.74, 6) is -0.392. The van der Waals surface area contributed by atoms with Crippen molar-refractivity contribution in [3.63, 3.8) is 0 Å². The van der Waals surface area contributed by atoms with Crippen LogP contribution >= 0.6 is 23.1 Å². The first kappa shape index (κ1) is 20.4. The van der Waals surface area contributed by atoms with Gasteiger partial charge in [-0.1, -0.05) is 36.0 Å². The third-order valence-electron chi connectivity index (χ3n) is 4.58. The maximum atomic E-state index is 12.3. The summed E-state index contributed by atoms with van der Waals surface area (Å²) in [7, 11) is 0. The van der Waals surface area contributed by atoms with Crippen LogP contribution in [0.25, 0.3) is 10.2 Å². The van der Waals surface area contributed by atoms with Crippen LogP contribution in [0.2, 0.25) is 0 Å². The zero-order valence-corrected chi connectivity index (χ0v) is 17.8. The summed E-state index contributed by atoms with van der Waals surface area (Å²) in [6.45, 7) is 2.15. The maximum Gasteiger partial charge on any atom is 0.338 e. The molecule has 0 aliphatic carbocycles. The number of ether oxygens (including phenoxy) is 1. The number of carbonyl (C=O) groups excluding carboxylic acids is 3. The normalized spacial score (nSPS) is 14.6. The van der Waals surface area contributed by atoms with Gasteiger partial charge in [-0.05, 0) is 36.8 Å². The topological polar surface area (TPSA) is 88.6 Å². The van der Waals surface area contributed by atoms with Crippen LogP contribution in [0.3, 0.4) is 0 Å². The van der Waals surface area contributed by atoms with Crippen molar-refractivity contribution in [2.75, 3.05) is 13.1 Å². The number of urea groups is 1. The number of thioether (sulfide) groups is 1. The minimum absolute atomic E-state index is 0.278. The van der Waals surface area contributed by atoms with E-state index < -0.39 is 24.0 Å². The number of nitrogens with zero attached hydrogens (tertiary/aromatic N) is 2. The van der Waals surface area contributed by atoms with Gasteiger partial charge in [-0.3, -0.25) is 9.69 Å². The summed E-state index contributed by atoms with van der Waals surface area (Å²) in [6.07, 6.45) is -1.03. The smallest absolute Gasteiger partial charge is 0.338 e. The molecule has 1 aliphatic heterocycles. The molecule has 0 bridgehead atoms. The minimum Gasteiger partial charge on any atom is -0.449 e. The lowest BCUT2D eigenvalue weighted by Gasteiger charge is -2.18. The lowest BCUT2D eigenvalue weighted by atomic mass is 10.1. The number of nitrogens with one attached hydrogen (secondary N) is 1. The molecule has 1 atom stereocenters. The number of rotatable bonds is 6. The van der Waals surface area contributed by atoms with Crippen LogP contribution in [-0.4, -0.2) is 47.0 Å². The van der Waals surface area contributed by atoms with Gasteiger partial charge in [0.05, 0.1) is 15.8 Å². The van der Waals surface area contributed by atoms with Crippen LogP contribution in [0.15, 0.2) is 52.9 Å². The van der Waals surface area contributed by atoms with E-state index in [1.54, 1.807) is 35.2 Å². The van der Waals surface area contributed by atoms with Gasteiger partial charge in [-0.2, -0.15) is 0 Å². The van der Waals surface area contributed by atoms with E-state index in [-0.39, 0.29) is 6.54 Å². The second-order valence-corrected chi connectivity index (χ2v) is 8.96. The standard InChI is InChI=1S/C21H19N3O4S2/c1-13(18(25)24-11-10-22-20(24)27)28-19(26)15-8-6-14(7-9-15)12-29-21-23-16-4-2-3-5-17(16)30-21/h2-9,13H,10-12H2,1H3,(H,22,27). The number of benzene rings is 2. The summed E-state index contributed by atoms with van der Waals surface area (Å²) in [4.78, 5) is 41.8. The number of esters is 1. The van der Waals surface area contributed by atoms with Crippen molar-refractivity contribution in [1.82, 2.24) is 15.2 Å². The number of amides is 3. The number of para-hydroxylation sites is 1. The molecule has 30 heavy (non-hydrogen) atoms. The van der Waals surface area contributed by atoms with Gasteiger partial charge >= 0.3 is 12.0 Å². The van der Waals surface area contributed by atoms with Crippen molar-refractivity contribution >= 4 is 51.2 Å². The fourth-order valence-corrected chi connectivity index (χ4v) is 5.00. The van der Waals surface area contributed by atoms with Gasteiger partial charge in [0.1, 0.15) is 0 Å². The van der Waals surface area contributed by atoms with Gasteiger partial charge in [0.2, 0.25) is 0 Å². The van der Waals surface area contributed by atoms with E-state index >= 15 is 0 Å². The summed E-state index contributed by atoms with van der Waals surface area (Å²) < 4.78 is 7.40. The molecule has 2 aromatic carbocycles. The highest BCUT2D eigenvalue weighted by Crippen LogP contribution is 2.31. The Bertz CT molecular complexity index is 1060. The number of aromatic nitrogens is 1. The lowest BCUT2D eigenvalue weighted by Crippen LogP contribution is -2.41. The number of hydrogen-bond donors (Lipinski definition) is 1. The molecule has 154 valence electrons. The van der Waals surface area contributed by atoms with Gasteiger partial charge in [0, 0.05) is 18.8 Å². The maximum absolute atomic E-state index is 12.3. The van der Waals surface area contributed by atoms with Crippen LogP contribution < -0.4 is 5.32 Å². The summed E-state index contributed by atoms with van der Waals surface area (Å²) >= 11 is 3.30. The summed E-state index contributed by atoms with van der Waals surface area (Å²) in [5.41, 5.74) is 2.40. The molecule has 1 N–H and O–H groups in total. The number of thiazole rings is 1. The molecule has 0 radical (unpaired) electrons. The van der Waals surface area contributed by atoms with E-state index in [4.69, 9.17) is 4.74 Å². The van der Waals surface area contributed by atoms with Crippen LogP contribution in [0.5, 0.6) is 0 Å². The predicted molar refractivity (Wildman–Crippen MR) is 116 cm³/mol. The molecule has 1 aromatic heterocycles. The molecule has 1 fully saturated rings. The van der Waals surface area contributed by atoms with Crippen LogP contribution in [0.1, 0.15) is 22.8 Å². The first-order valence-corrected chi connectivity index (χ1v) is 11.2. The Balaban J connectivity index is 1.32. The first-order chi connectivity index (χ1) is 14.5. The SMILES string of the molecule is CC(OC(=O)c1ccc(CSc2nc3ccccc3s2)cc1)C(=O)N1CCNC1=O. The molecule has 2 heterocycles. The van der Waals surface area contributed by atoms with Crippen LogP contribution in [-0.2, 0) is 15.3 Å². The Morgan fingerprint density at radius 2 is 2.00 bits per heavy atom. The molecular formula is C21H19N3O4S2. The Morgan fingerprint density at radius 1 is 1.23 bits per heavy atom. The quantitative estimate of drug-likeness (QED) is 0.464. The fourth-order valence-electron chi connectivity index (χ4n) is 2.98.